The highest BCUT2D eigenvalue weighted by Crippen LogP contribution is 2.03. The zero-order chi connectivity index (χ0) is 17.0. The highest BCUT2D eigenvalue weighted by Gasteiger charge is 2.03. The molecule has 0 saturated heterocycles. The molecule has 0 spiro atoms. The van der Waals surface area contributed by atoms with Crippen molar-refractivity contribution in [1.82, 2.24) is 5.12 Å². The molecule has 0 aromatic heterocycles. The van der Waals surface area contributed by atoms with Crippen LogP contribution < -0.4 is 28.9 Å². The summed E-state index contributed by atoms with van der Waals surface area (Å²) in [7, 11) is 0. The van der Waals surface area contributed by atoms with Crippen LogP contribution in [-0.4, -0.2) is 30.0 Å². The molecule has 0 unspecified atom stereocenters. The number of amides is 2. The van der Waals surface area contributed by atoms with Gasteiger partial charge in [0, 0.05) is 17.7 Å². The summed E-state index contributed by atoms with van der Waals surface area (Å²) < 4.78 is 0. The largest absolute Gasteiger partial charge is 0.366 e. The minimum Gasteiger partial charge on any atom is -0.366 e. The average Bonchev–Trinajstić information content (AvgIpc) is 2.47. The molecule has 0 aliphatic carbocycles. The lowest BCUT2D eigenvalue weighted by molar-refractivity contribution is 0.0999. The predicted octanol–water partition coefficient (Wildman–Crippen LogP) is -0.561. The molecule has 1 aromatic rings. The van der Waals surface area contributed by atoms with Crippen LogP contribution >= 0.6 is 0 Å². The number of carbonyl (C=O) groups excluding carboxylic acids is 2. The van der Waals surface area contributed by atoms with Crippen molar-refractivity contribution in [3.05, 3.63) is 35.4 Å². The van der Waals surface area contributed by atoms with Crippen molar-refractivity contribution in [2.75, 3.05) is 13.1 Å². The molecule has 2 amide bonds. The lowest BCUT2D eigenvalue weighted by atomic mass is 10.1. The molecule has 1 aromatic carbocycles. The van der Waals surface area contributed by atoms with Crippen molar-refractivity contribution >= 4 is 11.8 Å². The molecule has 0 aliphatic heterocycles. The Balaban J connectivity index is 0.000000409. The van der Waals surface area contributed by atoms with Crippen LogP contribution in [0.15, 0.2) is 24.3 Å². The van der Waals surface area contributed by atoms with Crippen LogP contribution in [0.5, 0.6) is 0 Å². The van der Waals surface area contributed by atoms with E-state index in [4.69, 9.17) is 28.9 Å². The van der Waals surface area contributed by atoms with Gasteiger partial charge in [-0.25, -0.2) is 0 Å². The van der Waals surface area contributed by atoms with Crippen molar-refractivity contribution in [2.24, 2.45) is 28.9 Å². The van der Waals surface area contributed by atoms with Gasteiger partial charge in [0.25, 0.3) is 0 Å². The third-order valence-corrected chi connectivity index (χ3v) is 2.80. The monoisotopic (exact) mass is 310 g/mol. The van der Waals surface area contributed by atoms with E-state index >= 15 is 0 Å². The van der Waals surface area contributed by atoms with Crippen LogP contribution in [0.3, 0.4) is 0 Å². The fraction of sp³-hybridized carbons (Fsp3) is 0.429. The number of carbonyl (C=O) groups is 2. The van der Waals surface area contributed by atoms with E-state index in [2.05, 4.69) is 0 Å². The molecule has 124 valence electrons. The van der Waals surface area contributed by atoms with Crippen LogP contribution in [0.25, 0.3) is 0 Å². The highest BCUT2D eigenvalue weighted by atomic mass is 16.1. The summed E-state index contributed by atoms with van der Waals surface area (Å²) in [5.74, 6) is 9.24. The third kappa shape index (κ3) is 9.83. The molecule has 8 nitrogen and oxygen atoms in total. The summed E-state index contributed by atoms with van der Waals surface area (Å²) in [4.78, 5) is 21.3. The smallest absolute Gasteiger partial charge is 0.248 e. The standard InChI is InChI=1S/C8H8N2O2.C6H18N4/c9-7(11)5-2-1-3-6(4-5)8(10)12;7-5-3-1-2-4-6-10(8)9/h1-4H,(H2,9,11)(H2,10,12);1-9H2. The molecule has 0 aliphatic rings. The predicted molar refractivity (Wildman–Crippen MR) is 86.1 cm³/mol. The van der Waals surface area contributed by atoms with Gasteiger partial charge in [-0.05, 0) is 37.6 Å². The second kappa shape index (κ2) is 11.6. The molecule has 0 bridgehead atoms. The van der Waals surface area contributed by atoms with E-state index in [1.165, 1.54) is 36.2 Å². The minimum atomic E-state index is -0.571. The number of nitrogens with two attached hydrogens (primary N) is 5. The number of hydrogen-bond acceptors (Lipinski definition) is 6. The minimum absolute atomic E-state index is 0.284. The molecular weight excluding hydrogens is 284 g/mol. The first-order valence-corrected chi connectivity index (χ1v) is 7.05. The van der Waals surface area contributed by atoms with Crippen LogP contribution in [0.4, 0.5) is 0 Å². The number of hydrogen-bond donors (Lipinski definition) is 5. The van der Waals surface area contributed by atoms with Gasteiger partial charge in [0.1, 0.15) is 0 Å². The van der Waals surface area contributed by atoms with Gasteiger partial charge in [-0.2, -0.15) is 5.12 Å². The van der Waals surface area contributed by atoms with E-state index in [0.717, 1.165) is 25.9 Å². The Bertz CT molecular complexity index is 435. The summed E-state index contributed by atoms with van der Waals surface area (Å²) in [5, 5.41) is 1.22. The number of rotatable bonds is 8. The number of benzene rings is 1. The Morgan fingerprint density at radius 3 is 1.82 bits per heavy atom. The van der Waals surface area contributed by atoms with E-state index in [9.17, 15) is 9.59 Å². The van der Waals surface area contributed by atoms with Gasteiger partial charge in [-0.15, -0.1) is 0 Å². The van der Waals surface area contributed by atoms with Gasteiger partial charge >= 0.3 is 0 Å². The molecule has 0 fully saturated rings. The van der Waals surface area contributed by atoms with Crippen molar-refractivity contribution < 1.29 is 9.59 Å². The number of primary amides is 2. The third-order valence-electron chi connectivity index (χ3n) is 2.80. The first kappa shape index (κ1) is 20.0. The lowest BCUT2D eigenvalue weighted by Crippen LogP contribution is -2.38. The maximum Gasteiger partial charge on any atom is 0.248 e. The van der Waals surface area contributed by atoms with Gasteiger partial charge < -0.3 is 17.2 Å². The molecule has 22 heavy (non-hydrogen) atoms. The summed E-state index contributed by atoms with van der Waals surface area (Å²) in [6.07, 6.45) is 4.52. The Morgan fingerprint density at radius 1 is 0.909 bits per heavy atom. The summed E-state index contributed by atoms with van der Waals surface area (Å²) in [5.41, 5.74) is 15.9. The van der Waals surface area contributed by atoms with Crippen LogP contribution in [0.1, 0.15) is 46.4 Å². The molecule has 0 saturated carbocycles. The first-order chi connectivity index (χ1) is 10.4. The zero-order valence-electron chi connectivity index (χ0n) is 12.7. The lowest BCUT2D eigenvalue weighted by Gasteiger charge is -2.07. The van der Waals surface area contributed by atoms with E-state index in [0.29, 0.717) is 0 Å². The van der Waals surface area contributed by atoms with E-state index < -0.39 is 11.8 Å². The Labute approximate surface area is 130 Å². The molecule has 10 N–H and O–H groups in total. The SMILES string of the molecule is NC(=O)c1cccc(C(N)=O)c1.NCCCCCCN(N)N. The molecule has 0 radical (unpaired) electrons. The van der Waals surface area contributed by atoms with Crippen LogP contribution in [-0.2, 0) is 0 Å². The van der Waals surface area contributed by atoms with Crippen molar-refractivity contribution in [3.8, 4) is 0 Å². The molecule has 0 heterocycles. The second-order valence-corrected chi connectivity index (χ2v) is 4.75. The van der Waals surface area contributed by atoms with Gasteiger partial charge in [-0.1, -0.05) is 18.9 Å². The molecule has 8 heteroatoms. The van der Waals surface area contributed by atoms with E-state index in [1.54, 1.807) is 6.07 Å². The summed E-state index contributed by atoms with van der Waals surface area (Å²) >= 11 is 0. The van der Waals surface area contributed by atoms with Gasteiger partial charge in [0.15, 0.2) is 0 Å². The zero-order valence-corrected chi connectivity index (χ0v) is 12.7. The first-order valence-electron chi connectivity index (χ1n) is 7.05. The maximum absolute atomic E-state index is 10.6. The van der Waals surface area contributed by atoms with Gasteiger partial charge in [0.2, 0.25) is 11.8 Å². The van der Waals surface area contributed by atoms with Crippen LogP contribution in [0.2, 0.25) is 0 Å². The fourth-order valence-corrected chi connectivity index (χ4v) is 1.62. The number of hydrazine groups is 2. The Kier molecular flexibility index (Phi) is 10.6. The fourth-order valence-electron chi connectivity index (χ4n) is 1.62. The quantitative estimate of drug-likeness (QED) is 0.245. The maximum atomic E-state index is 10.6. The summed E-state index contributed by atoms with van der Waals surface area (Å²) in [6, 6.07) is 5.97. The van der Waals surface area contributed by atoms with Crippen molar-refractivity contribution in [2.45, 2.75) is 25.7 Å². The topological polar surface area (TPSA) is 167 Å². The van der Waals surface area contributed by atoms with Gasteiger partial charge in [0.05, 0.1) is 0 Å². The average molecular weight is 310 g/mol. The number of unbranched alkanes of at least 4 members (excludes halogenated alkanes) is 3. The molecule has 1 rings (SSSR count). The molecule has 0 atom stereocenters. The molecular formula is C14H26N6O2. The van der Waals surface area contributed by atoms with Crippen LogP contribution in [0, 0.1) is 0 Å². The second-order valence-electron chi connectivity index (χ2n) is 4.75. The van der Waals surface area contributed by atoms with Gasteiger partial charge in [-0.3, -0.25) is 21.3 Å². The summed E-state index contributed by atoms with van der Waals surface area (Å²) in [6.45, 7) is 1.56. The number of nitrogens with zero attached hydrogens (tertiary/aromatic N) is 1. The highest BCUT2D eigenvalue weighted by molar-refractivity contribution is 5.98. The Hall–Kier alpha value is -2.00. The van der Waals surface area contributed by atoms with E-state index in [1.807, 2.05) is 0 Å². The van der Waals surface area contributed by atoms with Crippen molar-refractivity contribution in [3.63, 3.8) is 0 Å². The van der Waals surface area contributed by atoms with Crippen molar-refractivity contribution in [1.29, 1.82) is 0 Å². The Morgan fingerprint density at radius 2 is 1.41 bits per heavy atom. The normalized spacial score (nSPS) is 10.0. The van der Waals surface area contributed by atoms with E-state index in [-0.39, 0.29) is 11.1 Å².